The first-order chi connectivity index (χ1) is 15.0. The summed E-state index contributed by atoms with van der Waals surface area (Å²) in [6, 6.07) is 11.9. The van der Waals surface area contributed by atoms with Gasteiger partial charge in [0.15, 0.2) is 15.8 Å². The van der Waals surface area contributed by atoms with Crippen molar-refractivity contribution in [1.82, 2.24) is 10.2 Å². The molecule has 2 aromatic carbocycles. The van der Waals surface area contributed by atoms with Crippen LogP contribution in [0.3, 0.4) is 0 Å². The van der Waals surface area contributed by atoms with E-state index in [1.165, 1.54) is 37.3 Å². The predicted octanol–water partition coefficient (Wildman–Crippen LogP) is 3.55. The van der Waals surface area contributed by atoms with E-state index in [4.69, 9.17) is 14.2 Å². The van der Waals surface area contributed by atoms with Crippen molar-refractivity contribution in [3.8, 4) is 17.2 Å². The van der Waals surface area contributed by atoms with Gasteiger partial charge in [-0.1, -0.05) is 29.2 Å². The lowest BCUT2D eigenvalue weighted by Crippen LogP contribution is -2.14. The summed E-state index contributed by atoms with van der Waals surface area (Å²) in [4.78, 5) is 24.6. The number of carbonyl (C=O) groups is 2. The number of carbonyl (C=O) groups excluding carboxylic acids is 2. The Labute approximate surface area is 187 Å². The summed E-state index contributed by atoms with van der Waals surface area (Å²) in [6.45, 7) is 0. The minimum absolute atomic E-state index is 0.132. The molecule has 11 heteroatoms. The van der Waals surface area contributed by atoms with Crippen molar-refractivity contribution >= 4 is 45.7 Å². The van der Waals surface area contributed by atoms with Crippen molar-refractivity contribution in [3.63, 3.8) is 0 Å². The van der Waals surface area contributed by atoms with Crippen molar-refractivity contribution in [2.75, 3.05) is 37.7 Å². The summed E-state index contributed by atoms with van der Waals surface area (Å²) in [6.07, 6.45) is 0. The molecule has 0 atom stereocenters. The molecule has 1 heterocycles. The van der Waals surface area contributed by atoms with Crippen LogP contribution >= 0.6 is 23.1 Å². The van der Waals surface area contributed by atoms with Gasteiger partial charge in [-0.05, 0) is 30.3 Å². The van der Waals surface area contributed by atoms with Crippen LogP contribution in [-0.2, 0) is 4.79 Å². The molecule has 0 saturated heterocycles. The maximum atomic E-state index is 12.3. The highest BCUT2D eigenvalue weighted by molar-refractivity contribution is 8.01. The van der Waals surface area contributed by atoms with Gasteiger partial charge >= 0.3 is 0 Å². The molecule has 0 saturated carbocycles. The van der Waals surface area contributed by atoms with E-state index in [0.29, 0.717) is 38.0 Å². The Balaban J connectivity index is 1.52. The van der Waals surface area contributed by atoms with Gasteiger partial charge in [0.2, 0.25) is 11.0 Å². The average molecular weight is 461 g/mol. The third-order valence-corrected chi connectivity index (χ3v) is 5.92. The molecule has 162 valence electrons. The Bertz CT molecular complexity index is 1070. The minimum atomic E-state index is -0.321. The second-order valence-corrected chi connectivity index (χ2v) is 8.17. The fourth-order valence-electron chi connectivity index (χ4n) is 2.49. The van der Waals surface area contributed by atoms with Gasteiger partial charge in [-0.15, -0.1) is 10.2 Å². The van der Waals surface area contributed by atoms with E-state index in [0.717, 1.165) is 0 Å². The van der Waals surface area contributed by atoms with E-state index in [1.54, 1.807) is 49.6 Å². The monoisotopic (exact) mass is 460 g/mol. The van der Waals surface area contributed by atoms with Gasteiger partial charge in [0.1, 0.15) is 5.75 Å². The standard InChI is InChI=1S/C20H20N4O5S2/c1-27-14-6-4-5-12(9-14)18(26)22-19-23-24-20(31-19)30-11-17(25)21-13-7-8-15(28-2)16(10-13)29-3/h4-10H,11H2,1-3H3,(H,21,25)(H,22,23,26). The normalized spacial score (nSPS) is 10.3. The molecule has 2 amide bonds. The number of nitrogens with zero attached hydrogens (tertiary/aromatic N) is 2. The number of ether oxygens (including phenoxy) is 3. The smallest absolute Gasteiger partial charge is 0.257 e. The first kappa shape index (κ1) is 22.4. The molecule has 0 radical (unpaired) electrons. The zero-order valence-corrected chi connectivity index (χ0v) is 18.6. The third kappa shape index (κ3) is 6.09. The molecule has 2 N–H and O–H groups in total. The van der Waals surface area contributed by atoms with Crippen LogP contribution in [0.15, 0.2) is 46.8 Å². The van der Waals surface area contributed by atoms with Crippen LogP contribution in [0.5, 0.6) is 17.2 Å². The number of thioether (sulfide) groups is 1. The molecule has 9 nitrogen and oxygen atoms in total. The Kier molecular flexibility index (Phi) is 7.68. The molecule has 31 heavy (non-hydrogen) atoms. The maximum Gasteiger partial charge on any atom is 0.257 e. The van der Waals surface area contributed by atoms with E-state index < -0.39 is 0 Å². The molecular formula is C20H20N4O5S2. The Hall–Kier alpha value is -3.31. The van der Waals surface area contributed by atoms with Crippen LogP contribution in [0.4, 0.5) is 10.8 Å². The van der Waals surface area contributed by atoms with E-state index in [2.05, 4.69) is 20.8 Å². The largest absolute Gasteiger partial charge is 0.497 e. The van der Waals surface area contributed by atoms with Crippen molar-refractivity contribution < 1.29 is 23.8 Å². The van der Waals surface area contributed by atoms with Gasteiger partial charge < -0.3 is 19.5 Å². The highest BCUT2D eigenvalue weighted by Gasteiger charge is 2.13. The molecule has 0 aliphatic heterocycles. The van der Waals surface area contributed by atoms with Crippen molar-refractivity contribution in [2.45, 2.75) is 4.34 Å². The van der Waals surface area contributed by atoms with Crippen molar-refractivity contribution in [2.24, 2.45) is 0 Å². The highest BCUT2D eigenvalue weighted by Crippen LogP contribution is 2.30. The highest BCUT2D eigenvalue weighted by atomic mass is 32.2. The summed E-state index contributed by atoms with van der Waals surface area (Å²) >= 11 is 2.41. The first-order valence-electron chi connectivity index (χ1n) is 8.96. The Morgan fingerprint density at radius 1 is 0.968 bits per heavy atom. The van der Waals surface area contributed by atoms with Crippen LogP contribution < -0.4 is 24.8 Å². The van der Waals surface area contributed by atoms with E-state index in [-0.39, 0.29) is 17.6 Å². The zero-order valence-electron chi connectivity index (χ0n) is 17.0. The van der Waals surface area contributed by atoms with Gasteiger partial charge in [-0.25, -0.2) is 0 Å². The second kappa shape index (κ2) is 10.6. The number of nitrogens with one attached hydrogen (secondary N) is 2. The summed E-state index contributed by atoms with van der Waals surface area (Å²) in [5, 5.41) is 13.8. The lowest BCUT2D eigenvalue weighted by Gasteiger charge is -2.10. The van der Waals surface area contributed by atoms with Crippen LogP contribution in [0.25, 0.3) is 0 Å². The summed E-state index contributed by atoms with van der Waals surface area (Å²) in [5.74, 6) is 1.28. The SMILES string of the molecule is COc1cccc(C(=O)Nc2nnc(SCC(=O)Nc3ccc(OC)c(OC)c3)s2)c1. The fraction of sp³-hybridized carbons (Fsp3) is 0.200. The number of hydrogen-bond donors (Lipinski definition) is 2. The number of rotatable bonds is 9. The number of anilines is 2. The van der Waals surface area contributed by atoms with Crippen molar-refractivity contribution in [1.29, 1.82) is 0 Å². The number of amides is 2. The lowest BCUT2D eigenvalue weighted by atomic mass is 10.2. The van der Waals surface area contributed by atoms with Crippen LogP contribution in [0, 0.1) is 0 Å². The quantitative estimate of drug-likeness (QED) is 0.368. The van der Waals surface area contributed by atoms with Gasteiger partial charge in [0.05, 0.1) is 27.1 Å². The van der Waals surface area contributed by atoms with Gasteiger partial charge in [-0.3, -0.25) is 14.9 Å². The molecular weight excluding hydrogens is 440 g/mol. The van der Waals surface area contributed by atoms with E-state index in [9.17, 15) is 9.59 Å². The number of methoxy groups -OCH3 is 3. The Morgan fingerprint density at radius 2 is 1.77 bits per heavy atom. The van der Waals surface area contributed by atoms with Crippen LogP contribution in [0.2, 0.25) is 0 Å². The molecule has 3 rings (SSSR count). The molecule has 1 aromatic heterocycles. The van der Waals surface area contributed by atoms with Gasteiger partial charge in [0.25, 0.3) is 5.91 Å². The maximum absolute atomic E-state index is 12.3. The zero-order chi connectivity index (χ0) is 22.2. The molecule has 0 spiro atoms. The lowest BCUT2D eigenvalue weighted by molar-refractivity contribution is -0.113. The Morgan fingerprint density at radius 3 is 2.52 bits per heavy atom. The van der Waals surface area contributed by atoms with Crippen molar-refractivity contribution in [3.05, 3.63) is 48.0 Å². The average Bonchev–Trinajstić information content (AvgIpc) is 3.24. The number of aromatic nitrogens is 2. The van der Waals surface area contributed by atoms with E-state index >= 15 is 0 Å². The van der Waals surface area contributed by atoms with E-state index in [1.807, 2.05) is 0 Å². The molecule has 0 bridgehead atoms. The summed E-state index contributed by atoms with van der Waals surface area (Å²) < 4.78 is 16.1. The summed E-state index contributed by atoms with van der Waals surface area (Å²) in [7, 11) is 4.61. The molecule has 0 fully saturated rings. The third-order valence-electron chi connectivity index (χ3n) is 3.95. The first-order valence-corrected chi connectivity index (χ1v) is 10.8. The number of benzene rings is 2. The van der Waals surface area contributed by atoms with Gasteiger partial charge in [0, 0.05) is 17.3 Å². The molecule has 0 unspecified atom stereocenters. The fourth-order valence-corrected chi connectivity index (χ4v) is 4.04. The second-order valence-electron chi connectivity index (χ2n) is 5.97. The summed E-state index contributed by atoms with van der Waals surface area (Å²) in [5.41, 5.74) is 1.03. The molecule has 3 aromatic rings. The topological polar surface area (TPSA) is 112 Å². The molecule has 0 aliphatic carbocycles. The van der Waals surface area contributed by atoms with Crippen LogP contribution in [0.1, 0.15) is 10.4 Å². The van der Waals surface area contributed by atoms with Crippen LogP contribution in [-0.4, -0.2) is 49.1 Å². The molecule has 0 aliphatic rings. The predicted molar refractivity (Wildman–Crippen MR) is 120 cm³/mol. The number of hydrogen-bond acceptors (Lipinski definition) is 9. The minimum Gasteiger partial charge on any atom is -0.497 e. The van der Waals surface area contributed by atoms with Gasteiger partial charge in [-0.2, -0.15) is 0 Å².